The van der Waals surface area contributed by atoms with Gasteiger partial charge in [-0.25, -0.2) is 0 Å². The van der Waals surface area contributed by atoms with Crippen LogP contribution in [0.5, 0.6) is 5.75 Å². The summed E-state index contributed by atoms with van der Waals surface area (Å²) >= 11 is 5.87. The van der Waals surface area contributed by atoms with Crippen molar-refractivity contribution in [3.05, 3.63) is 59.1 Å². The Hall–Kier alpha value is -1.79. The topological polar surface area (TPSA) is 45.2 Å². The van der Waals surface area contributed by atoms with E-state index in [9.17, 15) is 5.11 Å². The van der Waals surface area contributed by atoms with E-state index in [4.69, 9.17) is 21.1 Å². The molecule has 1 atom stereocenters. The summed E-state index contributed by atoms with van der Waals surface area (Å²) in [6.45, 7) is 5.22. The molecular formula is C21H27ClN2O3. The maximum absolute atomic E-state index is 10.2. The van der Waals surface area contributed by atoms with Gasteiger partial charge in [0.05, 0.1) is 26.4 Å². The number of halogens is 1. The number of piperazine rings is 1. The van der Waals surface area contributed by atoms with Crippen molar-refractivity contribution in [1.29, 1.82) is 0 Å². The molecule has 1 saturated heterocycles. The summed E-state index contributed by atoms with van der Waals surface area (Å²) in [6, 6.07) is 15.7. The van der Waals surface area contributed by atoms with E-state index < -0.39 is 6.10 Å². The third-order valence-electron chi connectivity index (χ3n) is 4.77. The Bertz CT molecular complexity index is 686. The van der Waals surface area contributed by atoms with Gasteiger partial charge in [-0.15, -0.1) is 0 Å². The smallest absolute Gasteiger partial charge is 0.119 e. The predicted molar refractivity (Wildman–Crippen MR) is 109 cm³/mol. The first-order valence-electron chi connectivity index (χ1n) is 9.25. The maximum atomic E-state index is 10.2. The number of ether oxygens (including phenoxy) is 2. The molecule has 0 saturated carbocycles. The molecule has 1 aliphatic rings. The Balaban J connectivity index is 1.36. The Morgan fingerprint density at radius 3 is 2.30 bits per heavy atom. The molecule has 1 heterocycles. The van der Waals surface area contributed by atoms with Crippen LogP contribution in [-0.4, -0.2) is 62.6 Å². The third kappa shape index (κ3) is 6.11. The number of aliphatic hydroxyl groups excluding tert-OH is 1. The van der Waals surface area contributed by atoms with Gasteiger partial charge in [0.2, 0.25) is 0 Å². The number of methoxy groups -OCH3 is 1. The van der Waals surface area contributed by atoms with Crippen molar-refractivity contribution in [1.82, 2.24) is 4.90 Å². The Morgan fingerprint density at radius 2 is 1.67 bits per heavy atom. The average molecular weight is 391 g/mol. The Morgan fingerprint density at radius 1 is 1.00 bits per heavy atom. The van der Waals surface area contributed by atoms with E-state index in [-0.39, 0.29) is 0 Å². The van der Waals surface area contributed by atoms with Crippen molar-refractivity contribution >= 4 is 17.3 Å². The van der Waals surface area contributed by atoms with Crippen LogP contribution < -0.4 is 9.64 Å². The number of hydrogen-bond donors (Lipinski definition) is 1. The highest BCUT2D eigenvalue weighted by Gasteiger charge is 2.19. The van der Waals surface area contributed by atoms with E-state index in [1.165, 1.54) is 5.69 Å². The lowest BCUT2D eigenvalue weighted by molar-refractivity contribution is 0.00914. The van der Waals surface area contributed by atoms with Gasteiger partial charge in [0.15, 0.2) is 0 Å². The van der Waals surface area contributed by atoms with Crippen molar-refractivity contribution in [3.63, 3.8) is 0 Å². The number of nitrogens with zero attached hydrogens (tertiary/aromatic N) is 2. The summed E-state index contributed by atoms with van der Waals surface area (Å²) in [6.07, 6.45) is -0.482. The first-order chi connectivity index (χ1) is 13.1. The number of rotatable bonds is 8. The van der Waals surface area contributed by atoms with Crippen LogP contribution in [0.25, 0.3) is 0 Å². The zero-order valence-corrected chi connectivity index (χ0v) is 16.4. The molecule has 0 spiro atoms. The molecule has 2 aromatic rings. The quantitative estimate of drug-likeness (QED) is 0.750. The van der Waals surface area contributed by atoms with Crippen LogP contribution in [0.2, 0.25) is 5.02 Å². The van der Waals surface area contributed by atoms with Crippen LogP contribution in [0.4, 0.5) is 5.69 Å². The van der Waals surface area contributed by atoms with Gasteiger partial charge in [0.1, 0.15) is 5.75 Å². The van der Waals surface area contributed by atoms with Gasteiger partial charge in [0, 0.05) is 43.4 Å². The van der Waals surface area contributed by atoms with E-state index in [2.05, 4.69) is 21.9 Å². The van der Waals surface area contributed by atoms with Gasteiger partial charge in [-0.2, -0.15) is 0 Å². The first-order valence-corrected chi connectivity index (χ1v) is 9.63. The van der Waals surface area contributed by atoms with E-state index in [1.54, 1.807) is 7.11 Å². The molecule has 146 valence electrons. The Kier molecular flexibility index (Phi) is 7.35. The second-order valence-corrected chi connectivity index (χ2v) is 7.22. The predicted octanol–water partition coefficient (Wildman–Crippen LogP) is 3.05. The van der Waals surface area contributed by atoms with E-state index in [1.807, 2.05) is 36.4 Å². The van der Waals surface area contributed by atoms with Crippen LogP contribution in [0.3, 0.4) is 0 Å². The maximum Gasteiger partial charge on any atom is 0.119 e. The van der Waals surface area contributed by atoms with Gasteiger partial charge in [0.25, 0.3) is 0 Å². The summed E-state index contributed by atoms with van der Waals surface area (Å²) in [4.78, 5) is 4.65. The third-order valence-corrected chi connectivity index (χ3v) is 5.02. The summed E-state index contributed by atoms with van der Waals surface area (Å²) in [5.74, 6) is 0.874. The molecule has 2 aromatic carbocycles. The fraction of sp³-hybridized carbons (Fsp3) is 0.429. The van der Waals surface area contributed by atoms with Crippen LogP contribution in [0.15, 0.2) is 48.5 Å². The molecule has 0 radical (unpaired) electrons. The highest BCUT2D eigenvalue weighted by molar-refractivity contribution is 6.30. The molecule has 0 amide bonds. The molecule has 1 aliphatic heterocycles. The van der Waals surface area contributed by atoms with Gasteiger partial charge in [-0.1, -0.05) is 23.7 Å². The molecular weight excluding hydrogens is 364 g/mol. The molecule has 0 aromatic heterocycles. The molecule has 0 bridgehead atoms. The van der Waals surface area contributed by atoms with Crippen LogP contribution in [-0.2, 0) is 11.3 Å². The summed E-state index contributed by atoms with van der Waals surface area (Å²) in [5.41, 5.74) is 2.27. The minimum Gasteiger partial charge on any atom is -0.497 e. The second-order valence-electron chi connectivity index (χ2n) is 6.78. The largest absolute Gasteiger partial charge is 0.497 e. The molecule has 1 N–H and O–H groups in total. The van der Waals surface area contributed by atoms with Crippen molar-refractivity contribution in [3.8, 4) is 5.75 Å². The SMILES string of the molecule is COc1ccc(N2CCN(C[C@@H](O)COCc3ccc(Cl)cc3)CC2)cc1. The lowest BCUT2D eigenvalue weighted by atomic mass is 10.2. The standard InChI is InChI=1S/C21H27ClN2O3/c1-26-21-8-6-19(7-9-21)24-12-10-23(11-13-24)14-20(25)16-27-15-17-2-4-18(22)5-3-17/h2-9,20,25H,10-16H2,1H3/t20-/m1/s1. The monoisotopic (exact) mass is 390 g/mol. The summed E-state index contributed by atoms with van der Waals surface area (Å²) < 4.78 is 10.8. The molecule has 0 aliphatic carbocycles. The summed E-state index contributed by atoms with van der Waals surface area (Å²) in [5, 5.41) is 11.0. The van der Waals surface area contributed by atoms with E-state index in [0.29, 0.717) is 24.8 Å². The second kappa shape index (κ2) is 9.95. The fourth-order valence-corrected chi connectivity index (χ4v) is 3.35. The van der Waals surface area contributed by atoms with Crippen molar-refractivity contribution in [2.24, 2.45) is 0 Å². The molecule has 3 rings (SSSR count). The molecule has 0 unspecified atom stereocenters. The zero-order valence-electron chi connectivity index (χ0n) is 15.7. The number of hydrogen-bond acceptors (Lipinski definition) is 5. The van der Waals surface area contributed by atoms with Crippen LogP contribution >= 0.6 is 11.6 Å². The van der Waals surface area contributed by atoms with Crippen molar-refractivity contribution < 1.29 is 14.6 Å². The van der Waals surface area contributed by atoms with E-state index in [0.717, 1.165) is 37.5 Å². The average Bonchev–Trinajstić information content (AvgIpc) is 2.70. The number of anilines is 1. The Labute approximate surface area is 166 Å². The minimum absolute atomic E-state index is 0.335. The lowest BCUT2D eigenvalue weighted by Gasteiger charge is -2.36. The number of aliphatic hydroxyl groups is 1. The zero-order chi connectivity index (χ0) is 19.1. The minimum atomic E-state index is -0.482. The van der Waals surface area contributed by atoms with Crippen molar-refractivity contribution in [2.45, 2.75) is 12.7 Å². The molecule has 6 heteroatoms. The summed E-state index contributed by atoms with van der Waals surface area (Å²) in [7, 11) is 1.68. The molecule has 1 fully saturated rings. The first kappa shape index (κ1) is 20.0. The van der Waals surface area contributed by atoms with Crippen molar-refractivity contribution in [2.75, 3.05) is 51.3 Å². The number of benzene rings is 2. The molecule has 5 nitrogen and oxygen atoms in total. The van der Waals surface area contributed by atoms with Gasteiger partial charge >= 0.3 is 0 Å². The van der Waals surface area contributed by atoms with Gasteiger partial charge < -0.3 is 19.5 Å². The molecule has 27 heavy (non-hydrogen) atoms. The van der Waals surface area contributed by atoms with Gasteiger partial charge in [-0.3, -0.25) is 4.90 Å². The fourth-order valence-electron chi connectivity index (χ4n) is 3.23. The van der Waals surface area contributed by atoms with Gasteiger partial charge in [-0.05, 0) is 42.0 Å². The van der Waals surface area contributed by atoms with E-state index >= 15 is 0 Å². The normalized spacial score (nSPS) is 16.3. The lowest BCUT2D eigenvalue weighted by Crippen LogP contribution is -2.49. The van der Waals surface area contributed by atoms with Crippen LogP contribution in [0, 0.1) is 0 Å². The van der Waals surface area contributed by atoms with Crippen LogP contribution in [0.1, 0.15) is 5.56 Å². The number of β-amino-alcohol motifs (C(OH)–C–C–N with tert-alkyl or cyclic N) is 1. The highest BCUT2D eigenvalue weighted by Crippen LogP contribution is 2.20. The highest BCUT2D eigenvalue weighted by atomic mass is 35.5.